The van der Waals surface area contributed by atoms with Crippen LogP contribution in [-0.2, 0) is 0 Å². The predicted octanol–water partition coefficient (Wildman–Crippen LogP) is 3.42. The predicted molar refractivity (Wildman–Crippen MR) is 108 cm³/mol. The van der Waals surface area contributed by atoms with Crippen LogP contribution in [0.25, 0.3) is 5.69 Å². The number of rotatable bonds is 5. The molecule has 3 aromatic rings. The number of nitro benzene ring substituents is 1. The number of non-ortho nitro benzene ring substituents is 1. The number of nitrogens with one attached hydrogen (secondary N) is 1. The second-order valence-electron chi connectivity index (χ2n) is 6.83. The van der Waals surface area contributed by atoms with Crippen molar-refractivity contribution in [2.24, 2.45) is 0 Å². The SMILES string of the molecule is O=C(Nc1ccc(N2CCCCC2)nc1)c1ccn(-c2ccc([N+](=O)[O-])cc2)n1. The summed E-state index contributed by atoms with van der Waals surface area (Å²) in [6, 6.07) is 11.3. The molecule has 1 saturated heterocycles. The van der Waals surface area contributed by atoms with Gasteiger partial charge in [0.05, 0.1) is 22.5 Å². The lowest BCUT2D eigenvalue weighted by Gasteiger charge is -2.27. The Hall–Kier alpha value is -3.75. The van der Waals surface area contributed by atoms with E-state index < -0.39 is 4.92 Å². The first-order chi connectivity index (χ1) is 14.1. The van der Waals surface area contributed by atoms with Crippen LogP contribution in [0.1, 0.15) is 29.8 Å². The van der Waals surface area contributed by atoms with Gasteiger partial charge in [0.25, 0.3) is 11.6 Å². The molecule has 1 fully saturated rings. The Morgan fingerprint density at radius 3 is 2.45 bits per heavy atom. The fourth-order valence-electron chi connectivity index (χ4n) is 3.28. The summed E-state index contributed by atoms with van der Waals surface area (Å²) in [5.74, 6) is 0.573. The average Bonchev–Trinajstić information content (AvgIpc) is 3.25. The zero-order valence-corrected chi connectivity index (χ0v) is 15.7. The van der Waals surface area contributed by atoms with Gasteiger partial charge in [0.1, 0.15) is 5.82 Å². The van der Waals surface area contributed by atoms with Crippen LogP contribution in [0.5, 0.6) is 0 Å². The number of aromatic nitrogens is 3. The summed E-state index contributed by atoms with van der Waals surface area (Å²) in [6.45, 7) is 2.03. The second kappa shape index (κ2) is 8.09. The van der Waals surface area contributed by atoms with Gasteiger partial charge in [0.15, 0.2) is 5.69 Å². The molecule has 0 unspecified atom stereocenters. The molecule has 4 rings (SSSR count). The van der Waals surface area contributed by atoms with E-state index in [4.69, 9.17) is 0 Å². The third-order valence-corrected chi connectivity index (χ3v) is 4.83. The van der Waals surface area contributed by atoms with Gasteiger partial charge in [-0.05, 0) is 49.6 Å². The highest BCUT2D eigenvalue weighted by molar-refractivity contribution is 6.02. The summed E-state index contributed by atoms with van der Waals surface area (Å²) in [5.41, 5.74) is 1.46. The maximum atomic E-state index is 12.5. The van der Waals surface area contributed by atoms with Crippen molar-refractivity contribution < 1.29 is 9.72 Å². The molecule has 0 aliphatic carbocycles. The van der Waals surface area contributed by atoms with Crippen LogP contribution in [-0.4, -0.2) is 38.7 Å². The molecule has 9 heteroatoms. The first-order valence-electron chi connectivity index (χ1n) is 9.43. The number of piperidine rings is 1. The standard InChI is InChI=1S/C20H20N6O3/c27-20(22-15-4-9-19(21-14-15)24-11-2-1-3-12-24)18-10-13-25(23-18)16-5-7-17(8-6-16)26(28)29/h4-10,13-14H,1-3,11-12H2,(H,22,27). The fraction of sp³-hybridized carbons (Fsp3) is 0.250. The van der Waals surface area contributed by atoms with Crippen LogP contribution in [0.2, 0.25) is 0 Å². The van der Waals surface area contributed by atoms with Crippen molar-refractivity contribution in [2.45, 2.75) is 19.3 Å². The molecule has 0 radical (unpaired) electrons. The maximum absolute atomic E-state index is 12.5. The van der Waals surface area contributed by atoms with Gasteiger partial charge in [-0.2, -0.15) is 5.10 Å². The van der Waals surface area contributed by atoms with Crippen molar-refractivity contribution in [3.8, 4) is 5.69 Å². The van der Waals surface area contributed by atoms with Crippen molar-refractivity contribution in [3.05, 3.63) is 70.7 Å². The topological polar surface area (TPSA) is 106 Å². The Bertz CT molecular complexity index is 1010. The lowest BCUT2D eigenvalue weighted by Crippen LogP contribution is -2.30. The van der Waals surface area contributed by atoms with E-state index in [0.717, 1.165) is 18.9 Å². The quantitative estimate of drug-likeness (QED) is 0.527. The molecule has 9 nitrogen and oxygen atoms in total. The molecule has 29 heavy (non-hydrogen) atoms. The van der Waals surface area contributed by atoms with Gasteiger partial charge in [-0.3, -0.25) is 14.9 Å². The number of hydrogen-bond donors (Lipinski definition) is 1. The summed E-state index contributed by atoms with van der Waals surface area (Å²) in [4.78, 5) is 29.5. The maximum Gasteiger partial charge on any atom is 0.276 e. The minimum atomic E-state index is -0.462. The summed E-state index contributed by atoms with van der Waals surface area (Å²) in [6.07, 6.45) is 6.90. The van der Waals surface area contributed by atoms with Gasteiger partial charge in [-0.1, -0.05) is 0 Å². The minimum absolute atomic E-state index is 0.000581. The molecule has 3 heterocycles. The molecule has 0 spiro atoms. The van der Waals surface area contributed by atoms with E-state index in [2.05, 4.69) is 20.3 Å². The monoisotopic (exact) mass is 392 g/mol. The molecule has 1 N–H and O–H groups in total. The lowest BCUT2D eigenvalue weighted by atomic mass is 10.1. The normalized spacial score (nSPS) is 13.9. The van der Waals surface area contributed by atoms with Crippen LogP contribution in [0.15, 0.2) is 54.9 Å². The van der Waals surface area contributed by atoms with Crippen molar-refractivity contribution in [1.29, 1.82) is 0 Å². The number of nitrogens with zero attached hydrogens (tertiary/aromatic N) is 5. The van der Waals surface area contributed by atoms with Crippen LogP contribution in [0.3, 0.4) is 0 Å². The molecule has 0 saturated carbocycles. The number of carbonyl (C=O) groups is 1. The molecule has 0 atom stereocenters. The summed E-state index contributed by atoms with van der Waals surface area (Å²) in [7, 11) is 0. The number of amides is 1. The molecule has 0 bridgehead atoms. The third-order valence-electron chi connectivity index (χ3n) is 4.83. The molecule has 1 aliphatic rings. The average molecular weight is 392 g/mol. The van der Waals surface area contributed by atoms with Gasteiger partial charge in [0, 0.05) is 31.4 Å². The van der Waals surface area contributed by atoms with E-state index in [-0.39, 0.29) is 17.3 Å². The van der Waals surface area contributed by atoms with Crippen LogP contribution >= 0.6 is 0 Å². The highest BCUT2D eigenvalue weighted by Crippen LogP contribution is 2.19. The van der Waals surface area contributed by atoms with Crippen molar-refractivity contribution in [2.75, 3.05) is 23.3 Å². The Balaban J connectivity index is 1.42. The van der Waals surface area contributed by atoms with Gasteiger partial charge in [0.2, 0.25) is 0 Å². The van der Waals surface area contributed by atoms with E-state index in [1.54, 1.807) is 30.6 Å². The smallest absolute Gasteiger partial charge is 0.276 e. The summed E-state index contributed by atoms with van der Waals surface area (Å²) < 4.78 is 1.50. The Morgan fingerprint density at radius 1 is 1.03 bits per heavy atom. The fourth-order valence-corrected chi connectivity index (χ4v) is 3.28. The van der Waals surface area contributed by atoms with Gasteiger partial charge >= 0.3 is 0 Å². The molecule has 148 valence electrons. The highest BCUT2D eigenvalue weighted by atomic mass is 16.6. The molecule has 1 amide bonds. The van der Waals surface area contributed by atoms with E-state index >= 15 is 0 Å². The van der Waals surface area contributed by atoms with Gasteiger partial charge < -0.3 is 10.2 Å². The number of hydrogen-bond acceptors (Lipinski definition) is 6. The zero-order valence-electron chi connectivity index (χ0n) is 15.7. The summed E-state index contributed by atoms with van der Waals surface area (Å²) >= 11 is 0. The number of pyridine rings is 1. The van der Waals surface area contributed by atoms with E-state index in [0.29, 0.717) is 11.4 Å². The largest absolute Gasteiger partial charge is 0.357 e. The van der Waals surface area contributed by atoms with Crippen LogP contribution < -0.4 is 10.2 Å². The van der Waals surface area contributed by atoms with Gasteiger partial charge in [-0.15, -0.1) is 0 Å². The Morgan fingerprint density at radius 2 is 1.79 bits per heavy atom. The van der Waals surface area contributed by atoms with E-state index in [9.17, 15) is 14.9 Å². The Labute approximate surface area is 167 Å². The number of anilines is 2. The van der Waals surface area contributed by atoms with E-state index in [1.807, 2.05) is 12.1 Å². The molecular weight excluding hydrogens is 372 g/mol. The number of nitro groups is 1. The molecule has 2 aromatic heterocycles. The zero-order chi connectivity index (χ0) is 20.2. The number of carbonyl (C=O) groups excluding carboxylic acids is 1. The van der Waals surface area contributed by atoms with Crippen molar-refractivity contribution in [3.63, 3.8) is 0 Å². The van der Waals surface area contributed by atoms with E-state index in [1.165, 1.54) is 36.1 Å². The first kappa shape index (κ1) is 18.6. The van der Waals surface area contributed by atoms with Crippen LogP contribution in [0, 0.1) is 10.1 Å². The van der Waals surface area contributed by atoms with Gasteiger partial charge in [-0.25, -0.2) is 9.67 Å². The Kier molecular flexibility index (Phi) is 5.19. The second-order valence-corrected chi connectivity index (χ2v) is 6.83. The minimum Gasteiger partial charge on any atom is -0.357 e. The van der Waals surface area contributed by atoms with Crippen molar-refractivity contribution in [1.82, 2.24) is 14.8 Å². The first-order valence-corrected chi connectivity index (χ1v) is 9.43. The molecule has 1 aromatic carbocycles. The summed E-state index contributed by atoms with van der Waals surface area (Å²) in [5, 5.41) is 17.8. The van der Waals surface area contributed by atoms with Crippen molar-refractivity contribution >= 4 is 23.1 Å². The molecule has 1 aliphatic heterocycles. The molecular formula is C20H20N6O3. The lowest BCUT2D eigenvalue weighted by molar-refractivity contribution is -0.384. The van der Waals surface area contributed by atoms with Crippen LogP contribution in [0.4, 0.5) is 17.2 Å². The third kappa shape index (κ3) is 4.23. The number of benzene rings is 1. The highest BCUT2D eigenvalue weighted by Gasteiger charge is 2.14.